The van der Waals surface area contributed by atoms with Crippen molar-refractivity contribution in [2.45, 2.75) is 38.8 Å². The van der Waals surface area contributed by atoms with Gasteiger partial charge >= 0.3 is 0 Å². The minimum absolute atomic E-state index is 0.230. The Morgan fingerprint density at radius 2 is 2.38 bits per heavy atom. The number of hydrogen-bond donors (Lipinski definition) is 1. The molecule has 2 unspecified atom stereocenters. The third-order valence-electron chi connectivity index (χ3n) is 2.71. The van der Waals surface area contributed by atoms with E-state index in [0.717, 1.165) is 11.6 Å². The Labute approximate surface area is 98.9 Å². The van der Waals surface area contributed by atoms with E-state index in [2.05, 4.69) is 21.8 Å². The lowest BCUT2D eigenvalue weighted by Crippen LogP contribution is -2.16. The second-order valence-corrected chi connectivity index (χ2v) is 6.10. The summed E-state index contributed by atoms with van der Waals surface area (Å²) < 4.78 is 13.3. The average molecular weight is 241 g/mol. The predicted octanol–water partition coefficient (Wildman–Crippen LogP) is 1.71. The summed E-state index contributed by atoms with van der Waals surface area (Å²) in [6, 6.07) is 0.827. The Bertz CT molecular complexity index is 398. The molecule has 2 atom stereocenters. The first-order valence-electron chi connectivity index (χ1n) is 5.68. The van der Waals surface area contributed by atoms with Gasteiger partial charge in [-0.25, -0.2) is 4.98 Å². The summed E-state index contributed by atoms with van der Waals surface area (Å²) in [7, 11) is -0.769. The summed E-state index contributed by atoms with van der Waals surface area (Å²) in [6.45, 7) is 4.07. The zero-order valence-electron chi connectivity index (χ0n) is 10.1. The van der Waals surface area contributed by atoms with Crippen molar-refractivity contribution < 1.29 is 4.21 Å². The molecule has 1 fully saturated rings. The van der Waals surface area contributed by atoms with Crippen molar-refractivity contribution in [2.75, 3.05) is 17.3 Å². The molecule has 1 heterocycles. The molecule has 1 saturated carbocycles. The van der Waals surface area contributed by atoms with Crippen LogP contribution in [0.3, 0.4) is 0 Å². The standard InChI is InChI=1S/C11H19N3OS/c1-8-6-14(9(2)7-16(3)15)11(12-8)13-10-4-5-10/h6,9-10H,4-5,7H2,1-3H3,(H,12,13). The summed E-state index contributed by atoms with van der Waals surface area (Å²) in [6.07, 6.45) is 6.25. The van der Waals surface area contributed by atoms with E-state index in [9.17, 15) is 4.21 Å². The van der Waals surface area contributed by atoms with Gasteiger partial charge in [0.05, 0.1) is 5.69 Å². The minimum Gasteiger partial charge on any atom is -0.353 e. The van der Waals surface area contributed by atoms with E-state index in [-0.39, 0.29) is 6.04 Å². The Hall–Kier alpha value is -0.840. The van der Waals surface area contributed by atoms with E-state index in [1.807, 2.05) is 13.1 Å². The van der Waals surface area contributed by atoms with E-state index < -0.39 is 10.8 Å². The maximum absolute atomic E-state index is 11.2. The van der Waals surface area contributed by atoms with Crippen LogP contribution in [0, 0.1) is 6.92 Å². The molecule has 90 valence electrons. The molecule has 16 heavy (non-hydrogen) atoms. The number of imidazole rings is 1. The Balaban J connectivity index is 2.13. The number of anilines is 1. The molecule has 1 aromatic rings. The highest BCUT2D eigenvalue weighted by Gasteiger charge is 2.24. The molecule has 0 radical (unpaired) electrons. The van der Waals surface area contributed by atoms with E-state index in [0.29, 0.717) is 11.8 Å². The summed E-state index contributed by atoms with van der Waals surface area (Å²) in [5.41, 5.74) is 1.01. The molecule has 1 aliphatic rings. The van der Waals surface area contributed by atoms with Crippen molar-refractivity contribution in [2.24, 2.45) is 0 Å². The SMILES string of the molecule is Cc1cn(C(C)CS(C)=O)c(NC2CC2)n1. The molecule has 0 amide bonds. The first kappa shape index (κ1) is 11.6. The fourth-order valence-electron chi connectivity index (χ4n) is 1.79. The van der Waals surface area contributed by atoms with Crippen molar-refractivity contribution in [1.82, 2.24) is 9.55 Å². The Kier molecular flexibility index (Phi) is 3.33. The second kappa shape index (κ2) is 4.57. The number of rotatable bonds is 5. The molecular weight excluding hydrogens is 222 g/mol. The molecule has 1 aliphatic carbocycles. The van der Waals surface area contributed by atoms with E-state index in [4.69, 9.17) is 0 Å². The van der Waals surface area contributed by atoms with Crippen LogP contribution < -0.4 is 5.32 Å². The monoisotopic (exact) mass is 241 g/mol. The lowest BCUT2D eigenvalue weighted by Gasteiger charge is -2.15. The molecule has 0 bridgehead atoms. The van der Waals surface area contributed by atoms with Crippen LogP contribution in [0.1, 0.15) is 31.5 Å². The van der Waals surface area contributed by atoms with Crippen LogP contribution in [-0.2, 0) is 10.8 Å². The number of aromatic nitrogens is 2. The van der Waals surface area contributed by atoms with Crippen LogP contribution in [-0.4, -0.2) is 31.8 Å². The molecule has 2 rings (SSSR count). The van der Waals surface area contributed by atoms with E-state index >= 15 is 0 Å². The van der Waals surface area contributed by atoms with Crippen molar-refractivity contribution in [3.63, 3.8) is 0 Å². The highest BCUT2D eigenvalue weighted by molar-refractivity contribution is 7.84. The van der Waals surface area contributed by atoms with Gasteiger partial charge < -0.3 is 9.88 Å². The van der Waals surface area contributed by atoms with Gasteiger partial charge in [-0.05, 0) is 26.7 Å². The largest absolute Gasteiger partial charge is 0.353 e. The Morgan fingerprint density at radius 1 is 1.69 bits per heavy atom. The van der Waals surface area contributed by atoms with Crippen molar-refractivity contribution >= 4 is 16.7 Å². The highest BCUT2D eigenvalue weighted by Crippen LogP contribution is 2.26. The number of nitrogens with zero attached hydrogens (tertiary/aromatic N) is 2. The van der Waals surface area contributed by atoms with Gasteiger partial charge in [-0.1, -0.05) is 0 Å². The highest BCUT2D eigenvalue weighted by atomic mass is 32.2. The fourth-order valence-corrected chi connectivity index (χ4v) is 2.63. The molecule has 4 nitrogen and oxygen atoms in total. The normalized spacial score (nSPS) is 19.4. The number of nitrogens with one attached hydrogen (secondary N) is 1. The molecule has 0 spiro atoms. The van der Waals surface area contributed by atoms with Crippen LogP contribution in [0.25, 0.3) is 0 Å². The van der Waals surface area contributed by atoms with Crippen LogP contribution >= 0.6 is 0 Å². The van der Waals surface area contributed by atoms with Crippen molar-refractivity contribution in [3.8, 4) is 0 Å². The Morgan fingerprint density at radius 3 is 2.94 bits per heavy atom. The summed E-state index contributed by atoms with van der Waals surface area (Å²) >= 11 is 0. The maximum Gasteiger partial charge on any atom is 0.203 e. The van der Waals surface area contributed by atoms with Gasteiger partial charge in [0.2, 0.25) is 5.95 Å². The van der Waals surface area contributed by atoms with Gasteiger partial charge in [0, 0.05) is 41.1 Å². The van der Waals surface area contributed by atoms with Gasteiger partial charge in [-0.2, -0.15) is 0 Å². The fraction of sp³-hybridized carbons (Fsp3) is 0.727. The van der Waals surface area contributed by atoms with Crippen LogP contribution in [0.15, 0.2) is 6.20 Å². The summed E-state index contributed by atoms with van der Waals surface area (Å²) in [4.78, 5) is 4.47. The molecule has 1 N–H and O–H groups in total. The van der Waals surface area contributed by atoms with Gasteiger partial charge in [0.15, 0.2) is 0 Å². The molecule has 0 saturated heterocycles. The summed E-state index contributed by atoms with van der Waals surface area (Å²) in [5.74, 6) is 1.60. The van der Waals surface area contributed by atoms with Gasteiger partial charge in [-0.15, -0.1) is 0 Å². The minimum atomic E-state index is -0.769. The van der Waals surface area contributed by atoms with E-state index in [1.54, 1.807) is 6.26 Å². The molecule has 1 aromatic heterocycles. The van der Waals surface area contributed by atoms with Gasteiger partial charge in [0.1, 0.15) is 0 Å². The topological polar surface area (TPSA) is 46.9 Å². The molecule has 0 aromatic carbocycles. The first-order chi connectivity index (χ1) is 7.56. The van der Waals surface area contributed by atoms with Crippen molar-refractivity contribution in [3.05, 3.63) is 11.9 Å². The maximum atomic E-state index is 11.2. The third-order valence-corrected chi connectivity index (χ3v) is 3.67. The predicted molar refractivity (Wildman–Crippen MR) is 67.3 cm³/mol. The zero-order valence-corrected chi connectivity index (χ0v) is 10.9. The van der Waals surface area contributed by atoms with Gasteiger partial charge in [0.25, 0.3) is 0 Å². The number of aryl methyl sites for hydroxylation is 1. The second-order valence-electron chi connectivity index (χ2n) is 4.62. The third kappa shape index (κ3) is 2.84. The quantitative estimate of drug-likeness (QED) is 0.853. The van der Waals surface area contributed by atoms with Crippen LogP contribution in [0.2, 0.25) is 0 Å². The smallest absolute Gasteiger partial charge is 0.203 e. The summed E-state index contributed by atoms with van der Waals surface area (Å²) in [5, 5.41) is 3.41. The first-order valence-corrected chi connectivity index (χ1v) is 7.41. The zero-order chi connectivity index (χ0) is 11.7. The average Bonchev–Trinajstić information content (AvgIpc) is 2.88. The lowest BCUT2D eigenvalue weighted by molar-refractivity contribution is 0.600. The molecule has 5 heteroatoms. The van der Waals surface area contributed by atoms with Crippen LogP contribution in [0.4, 0.5) is 5.95 Å². The van der Waals surface area contributed by atoms with Crippen molar-refractivity contribution in [1.29, 1.82) is 0 Å². The van der Waals surface area contributed by atoms with Crippen LogP contribution in [0.5, 0.6) is 0 Å². The number of hydrogen-bond acceptors (Lipinski definition) is 3. The van der Waals surface area contributed by atoms with Gasteiger partial charge in [-0.3, -0.25) is 4.21 Å². The lowest BCUT2D eigenvalue weighted by atomic mass is 10.4. The molecular formula is C11H19N3OS. The van der Waals surface area contributed by atoms with E-state index in [1.165, 1.54) is 12.8 Å². The molecule has 0 aliphatic heterocycles.